The van der Waals surface area contributed by atoms with Crippen molar-refractivity contribution < 1.29 is 22.3 Å². The molecule has 21 heavy (non-hydrogen) atoms. The quantitative estimate of drug-likeness (QED) is 0.873. The van der Waals surface area contributed by atoms with Crippen molar-refractivity contribution in [1.29, 1.82) is 0 Å². The molecule has 1 aliphatic heterocycles. The first-order chi connectivity index (χ1) is 9.75. The molecular formula is C16H17ClNO2S-. The minimum Gasteiger partial charge on any atom is -1.00 e. The second-order valence-electron chi connectivity index (χ2n) is 5.05. The zero-order valence-electron chi connectivity index (χ0n) is 11.5. The van der Waals surface area contributed by atoms with E-state index in [4.69, 9.17) is 5.11 Å². The largest absolute Gasteiger partial charge is 1.00 e. The highest BCUT2D eigenvalue weighted by Crippen LogP contribution is 2.37. The van der Waals surface area contributed by atoms with Crippen LogP contribution in [0.5, 0.6) is 0 Å². The van der Waals surface area contributed by atoms with Gasteiger partial charge in [0.25, 0.3) is 0 Å². The Labute approximate surface area is 134 Å². The highest BCUT2D eigenvalue weighted by molar-refractivity contribution is 7.10. The number of aliphatic carboxylic acids is 1. The van der Waals surface area contributed by atoms with E-state index in [1.54, 1.807) is 11.3 Å². The molecule has 1 aromatic carbocycles. The van der Waals surface area contributed by atoms with Crippen LogP contribution in [0, 0.1) is 0 Å². The van der Waals surface area contributed by atoms with E-state index in [1.165, 1.54) is 16.0 Å². The molecule has 0 saturated carbocycles. The maximum Gasteiger partial charge on any atom is 0.304 e. The van der Waals surface area contributed by atoms with E-state index in [1.807, 2.05) is 0 Å². The summed E-state index contributed by atoms with van der Waals surface area (Å²) < 4.78 is 0. The van der Waals surface area contributed by atoms with Crippen molar-refractivity contribution in [3.05, 3.63) is 57.8 Å². The van der Waals surface area contributed by atoms with Crippen LogP contribution in [-0.4, -0.2) is 29.1 Å². The van der Waals surface area contributed by atoms with Crippen LogP contribution in [0.2, 0.25) is 0 Å². The topological polar surface area (TPSA) is 40.5 Å². The van der Waals surface area contributed by atoms with Crippen molar-refractivity contribution in [1.82, 2.24) is 4.90 Å². The van der Waals surface area contributed by atoms with Gasteiger partial charge in [0.2, 0.25) is 0 Å². The van der Waals surface area contributed by atoms with Crippen molar-refractivity contribution in [2.24, 2.45) is 0 Å². The number of hydrogen-bond acceptors (Lipinski definition) is 3. The summed E-state index contributed by atoms with van der Waals surface area (Å²) in [5, 5.41) is 11.0. The Morgan fingerprint density at radius 1 is 1.29 bits per heavy atom. The standard InChI is InChI=1S/C16H17NO2S.ClH/c18-15(19)8-10-17-9-7-12-4-1-2-5-13(12)16(17)14-6-3-11-20-14;/h1-6,11,16H,7-10H2,(H,18,19);1H/p-1. The number of hydrogen-bond donors (Lipinski definition) is 1. The fraction of sp³-hybridized carbons (Fsp3) is 0.312. The van der Waals surface area contributed by atoms with E-state index in [0.29, 0.717) is 6.54 Å². The molecule has 2 aromatic rings. The van der Waals surface area contributed by atoms with Gasteiger partial charge < -0.3 is 17.5 Å². The van der Waals surface area contributed by atoms with Gasteiger partial charge in [0.15, 0.2) is 0 Å². The zero-order chi connectivity index (χ0) is 13.9. The molecular weight excluding hydrogens is 306 g/mol. The van der Waals surface area contributed by atoms with Crippen LogP contribution in [0.4, 0.5) is 0 Å². The number of halogens is 1. The van der Waals surface area contributed by atoms with Crippen LogP contribution in [0.1, 0.15) is 28.5 Å². The van der Waals surface area contributed by atoms with E-state index < -0.39 is 5.97 Å². The molecule has 0 aliphatic carbocycles. The summed E-state index contributed by atoms with van der Waals surface area (Å²) in [7, 11) is 0. The molecule has 1 unspecified atom stereocenters. The molecule has 0 fully saturated rings. The second-order valence-corrected chi connectivity index (χ2v) is 6.03. The van der Waals surface area contributed by atoms with Crippen molar-refractivity contribution >= 4 is 17.3 Å². The van der Waals surface area contributed by atoms with E-state index in [-0.39, 0.29) is 24.9 Å². The average Bonchev–Trinajstić information content (AvgIpc) is 2.98. The van der Waals surface area contributed by atoms with Crippen LogP contribution in [-0.2, 0) is 11.2 Å². The van der Waals surface area contributed by atoms with Crippen LogP contribution in [0.3, 0.4) is 0 Å². The highest BCUT2D eigenvalue weighted by Gasteiger charge is 2.29. The molecule has 1 N–H and O–H groups in total. The molecule has 5 heteroatoms. The van der Waals surface area contributed by atoms with Gasteiger partial charge in [-0.25, -0.2) is 0 Å². The summed E-state index contributed by atoms with van der Waals surface area (Å²) in [6.45, 7) is 1.53. The van der Waals surface area contributed by atoms with Gasteiger partial charge in [-0.1, -0.05) is 30.3 Å². The first-order valence-corrected chi connectivity index (χ1v) is 7.71. The lowest BCUT2D eigenvalue weighted by Crippen LogP contribution is -3.00. The molecule has 1 aliphatic rings. The third-order valence-electron chi connectivity index (χ3n) is 3.81. The molecule has 0 spiro atoms. The molecule has 3 nitrogen and oxygen atoms in total. The van der Waals surface area contributed by atoms with Crippen LogP contribution in [0.15, 0.2) is 41.8 Å². The van der Waals surface area contributed by atoms with Gasteiger partial charge in [-0.15, -0.1) is 11.3 Å². The lowest BCUT2D eigenvalue weighted by molar-refractivity contribution is -0.137. The van der Waals surface area contributed by atoms with Crippen molar-refractivity contribution in [3.63, 3.8) is 0 Å². The van der Waals surface area contributed by atoms with E-state index in [9.17, 15) is 4.79 Å². The minimum atomic E-state index is -0.728. The van der Waals surface area contributed by atoms with Crippen LogP contribution < -0.4 is 12.4 Å². The number of carbonyl (C=O) groups is 1. The summed E-state index contributed by atoms with van der Waals surface area (Å²) >= 11 is 1.74. The smallest absolute Gasteiger partial charge is 0.304 e. The van der Waals surface area contributed by atoms with Crippen molar-refractivity contribution in [2.45, 2.75) is 18.9 Å². The van der Waals surface area contributed by atoms with Crippen LogP contribution in [0.25, 0.3) is 0 Å². The van der Waals surface area contributed by atoms with Crippen LogP contribution >= 0.6 is 11.3 Å². The van der Waals surface area contributed by atoms with Gasteiger partial charge >= 0.3 is 5.97 Å². The molecule has 112 valence electrons. The summed E-state index contributed by atoms with van der Waals surface area (Å²) in [4.78, 5) is 14.4. The molecule has 0 bridgehead atoms. The van der Waals surface area contributed by atoms with Gasteiger partial charge in [-0.3, -0.25) is 9.69 Å². The molecule has 1 atom stereocenters. The predicted octanol–water partition coefficient (Wildman–Crippen LogP) is 0.174. The molecule has 0 saturated heterocycles. The zero-order valence-corrected chi connectivity index (χ0v) is 13.1. The average molecular weight is 323 g/mol. The summed E-state index contributed by atoms with van der Waals surface area (Å²) in [6, 6.07) is 12.9. The highest BCUT2D eigenvalue weighted by atomic mass is 35.5. The Balaban J connectivity index is 0.00000161. The molecule has 0 radical (unpaired) electrons. The molecule has 0 amide bonds. The molecule has 2 heterocycles. The van der Waals surface area contributed by atoms with Gasteiger partial charge in [0.1, 0.15) is 0 Å². The van der Waals surface area contributed by atoms with E-state index in [2.05, 4.69) is 46.7 Å². The maximum atomic E-state index is 10.9. The Kier molecular flexibility index (Phi) is 5.39. The van der Waals surface area contributed by atoms with Crippen molar-refractivity contribution in [3.8, 4) is 0 Å². The summed E-state index contributed by atoms with van der Waals surface area (Å²) in [5.74, 6) is -0.728. The number of nitrogens with zero attached hydrogens (tertiary/aromatic N) is 1. The van der Waals surface area contributed by atoms with Crippen molar-refractivity contribution in [2.75, 3.05) is 13.1 Å². The lowest BCUT2D eigenvalue weighted by Gasteiger charge is -2.36. The fourth-order valence-corrected chi connectivity index (χ4v) is 3.76. The number of carboxylic acid groups (broad SMARTS) is 1. The Bertz CT molecular complexity index is 600. The number of benzene rings is 1. The number of rotatable bonds is 4. The van der Waals surface area contributed by atoms with E-state index in [0.717, 1.165) is 13.0 Å². The summed E-state index contributed by atoms with van der Waals surface area (Å²) in [6.07, 6.45) is 1.20. The minimum absolute atomic E-state index is 0. The number of carboxylic acids is 1. The van der Waals surface area contributed by atoms with Gasteiger partial charge in [-0.05, 0) is 29.0 Å². The van der Waals surface area contributed by atoms with Gasteiger partial charge in [0, 0.05) is 18.0 Å². The normalized spacial score (nSPS) is 17.8. The SMILES string of the molecule is O=C(O)CCN1CCc2ccccc2C1c1cccs1.[Cl-]. The van der Waals surface area contributed by atoms with Gasteiger partial charge in [-0.2, -0.15) is 0 Å². The first-order valence-electron chi connectivity index (χ1n) is 6.83. The first kappa shape index (κ1) is 16.0. The monoisotopic (exact) mass is 322 g/mol. The predicted molar refractivity (Wildman–Crippen MR) is 80.1 cm³/mol. The number of thiophene rings is 1. The Morgan fingerprint density at radius 2 is 2.10 bits per heavy atom. The third-order valence-corrected chi connectivity index (χ3v) is 4.73. The van der Waals surface area contributed by atoms with Gasteiger partial charge in [0.05, 0.1) is 12.5 Å². The second kappa shape index (κ2) is 7.07. The Morgan fingerprint density at radius 3 is 2.81 bits per heavy atom. The maximum absolute atomic E-state index is 10.9. The third kappa shape index (κ3) is 3.46. The number of fused-ring (bicyclic) bond motifs is 1. The Hall–Kier alpha value is -1.36. The lowest BCUT2D eigenvalue weighted by atomic mass is 9.91. The molecule has 1 aromatic heterocycles. The van der Waals surface area contributed by atoms with E-state index >= 15 is 0 Å². The fourth-order valence-electron chi connectivity index (χ4n) is 2.88. The molecule has 3 rings (SSSR count). The summed E-state index contributed by atoms with van der Waals surface area (Å²) in [5.41, 5.74) is 2.71.